The Morgan fingerprint density at radius 3 is 2.79 bits per heavy atom. The predicted molar refractivity (Wildman–Crippen MR) is 75.6 cm³/mol. The van der Waals surface area contributed by atoms with Gasteiger partial charge in [-0.15, -0.1) is 0 Å². The number of hydrogen-bond donors (Lipinski definition) is 2. The molecule has 5 heteroatoms. The third-order valence-corrected chi connectivity index (χ3v) is 2.45. The first-order valence-electron chi connectivity index (χ1n) is 6.41. The number of hydrogen-bond acceptors (Lipinski definition) is 4. The summed E-state index contributed by atoms with van der Waals surface area (Å²) < 4.78 is 10.4. The van der Waals surface area contributed by atoms with Gasteiger partial charge in [0.15, 0.2) is 0 Å². The van der Waals surface area contributed by atoms with E-state index in [1.54, 1.807) is 7.11 Å². The maximum atomic E-state index is 11.7. The van der Waals surface area contributed by atoms with Crippen LogP contribution in [0.1, 0.15) is 13.8 Å². The molecular weight excluding hydrogens is 244 g/mol. The highest BCUT2D eigenvalue weighted by molar-refractivity contribution is 5.81. The quantitative estimate of drug-likeness (QED) is 0.751. The van der Waals surface area contributed by atoms with Gasteiger partial charge in [0, 0.05) is 13.2 Å². The number of ether oxygens (including phenoxy) is 2. The van der Waals surface area contributed by atoms with E-state index in [-0.39, 0.29) is 18.5 Å². The van der Waals surface area contributed by atoms with Crippen LogP contribution in [0.2, 0.25) is 0 Å². The van der Waals surface area contributed by atoms with Crippen LogP contribution in [0, 0.1) is 0 Å². The lowest BCUT2D eigenvalue weighted by Gasteiger charge is -2.15. The number of methoxy groups -OCH3 is 1. The van der Waals surface area contributed by atoms with Gasteiger partial charge in [-0.25, -0.2) is 0 Å². The number of rotatable bonds is 8. The third kappa shape index (κ3) is 5.61. The Labute approximate surface area is 114 Å². The van der Waals surface area contributed by atoms with Crippen LogP contribution >= 0.6 is 0 Å². The van der Waals surface area contributed by atoms with Crippen molar-refractivity contribution in [3.05, 3.63) is 24.3 Å². The molecule has 0 spiro atoms. The Morgan fingerprint density at radius 1 is 1.37 bits per heavy atom. The zero-order chi connectivity index (χ0) is 14.1. The molecule has 0 aliphatic carbocycles. The molecule has 0 aliphatic rings. The SMILES string of the molecule is CCOc1ccccc1NCC(=O)NC(C)COC. The fourth-order valence-electron chi connectivity index (χ4n) is 1.69. The van der Waals surface area contributed by atoms with E-state index in [0.717, 1.165) is 11.4 Å². The number of anilines is 1. The molecule has 1 amide bonds. The van der Waals surface area contributed by atoms with Gasteiger partial charge in [-0.05, 0) is 26.0 Å². The molecule has 1 rings (SSSR count). The van der Waals surface area contributed by atoms with Crippen molar-refractivity contribution in [2.24, 2.45) is 0 Å². The standard InChI is InChI=1S/C14H22N2O3/c1-4-19-13-8-6-5-7-12(13)15-9-14(17)16-11(2)10-18-3/h5-8,11,15H,4,9-10H2,1-3H3,(H,16,17). The molecule has 0 aliphatic heterocycles. The molecule has 0 fully saturated rings. The molecule has 0 saturated heterocycles. The molecule has 5 nitrogen and oxygen atoms in total. The Kier molecular flexibility index (Phi) is 6.74. The molecule has 1 unspecified atom stereocenters. The van der Waals surface area contributed by atoms with Gasteiger partial charge < -0.3 is 20.1 Å². The van der Waals surface area contributed by atoms with Crippen LogP contribution in [0.3, 0.4) is 0 Å². The Hall–Kier alpha value is -1.75. The molecular formula is C14H22N2O3. The third-order valence-electron chi connectivity index (χ3n) is 2.45. The number of carbonyl (C=O) groups is 1. The largest absolute Gasteiger partial charge is 0.492 e. The van der Waals surface area contributed by atoms with Gasteiger partial charge in [0.1, 0.15) is 5.75 Å². The minimum absolute atomic E-state index is 0.00133. The van der Waals surface area contributed by atoms with Crippen LogP contribution in [-0.4, -0.2) is 38.8 Å². The van der Waals surface area contributed by atoms with Crippen LogP contribution in [0.15, 0.2) is 24.3 Å². The maximum absolute atomic E-state index is 11.7. The van der Waals surface area contributed by atoms with Crippen molar-refractivity contribution in [3.63, 3.8) is 0 Å². The summed E-state index contributed by atoms with van der Waals surface area (Å²) in [5, 5.41) is 5.90. The number of nitrogens with one attached hydrogen (secondary N) is 2. The zero-order valence-corrected chi connectivity index (χ0v) is 11.7. The summed E-state index contributed by atoms with van der Waals surface area (Å²) in [6.07, 6.45) is 0. The summed E-state index contributed by atoms with van der Waals surface area (Å²) in [4.78, 5) is 11.7. The summed E-state index contributed by atoms with van der Waals surface area (Å²) in [5.74, 6) is 0.679. The highest BCUT2D eigenvalue weighted by atomic mass is 16.5. The number of para-hydroxylation sites is 2. The van der Waals surface area contributed by atoms with E-state index in [2.05, 4.69) is 10.6 Å². The van der Waals surface area contributed by atoms with Crippen molar-refractivity contribution in [2.45, 2.75) is 19.9 Å². The topological polar surface area (TPSA) is 59.6 Å². The molecule has 1 aromatic carbocycles. The van der Waals surface area contributed by atoms with Gasteiger partial charge in [0.05, 0.1) is 25.4 Å². The van der Waals surface area contributed by atoms with Crippen LogP contribution in [0.4, 0.5) is 5.69 Å². The van der Waals surface area contributed by atoms with E-state index >= 15 is 0 Å². The van der Waals surface area contributed by atoms with E-state index in [9.17, 15) is 4.79 Å². The first-order chi connectivity index (χ1) is 9.17. The molecule has 0 saturated carbocycles. The van der Waals surface area contributed by atoms with Gasteiger partial charge in [-0.1, -0.05) is 12.1 Å². The van der Waals surface area contributed by atoms with Crippen molar-refractivity contribution in [1.29, 1.82) is 0 Å². The molecule has 1 atom stereocenters. The van der Waals surface area contributed by atoms with Gasteiger partial charge in [0.2, 0.25) is 5.91 Å². The van der Waals surface area contributed by atoms with E-state index in [1.165, 1.54) is 0 Å². The lowest BCUT2D eigenvalue weighted by atomic mass is 10.3. The van der Waals surface area contributed by atoms with Gasteiger partial charge in [0.25, 0.3) is 0 Å². The molecule has 0 radical (unpaired) electrons. The van der Waals surface area contributed by atoms with E-state index in [4.69, 9.17) is 9.47 Å². The molecule has 0 aromatic heterocycles. The predicted octanol–water partition coefficient (Wildman–Crippen LogP) is 1.65. The first kappa shape index (κ1) is 15.3. The second-order valence-corrected chi connectivity index (χ2v) is 4.21. The van der Waals surface area contributed by atoms with Crippen molar-refractivity contribution < 1.29 is 14.3 Å². The second kappa shape index (κ2) is 8.37. The van der Waals surface area contributed by atoms with E-state index in [1.807, 2.05) is 38.1 Å². The van der Waals surface area contributed by atoms with E-state index < -0.39 is 0 Å². The van der Waals surface area contributed by atoms with E-state index in [0.29, 0.717) is 13.2 Å². The summed E-state index contributed by atoms with van der Waals surface area (Å²) in [7, 11) is 1.61. The van der Waals surface area contributed by atoms with Crippen molar-refractivity contribution in [1.82, 2.24) is 5.32 Å². The van der Waals surface area contributed by atoms with Crippen molar-refractivity contribution in [2.75, 3.05) is 32.2 Å². The Morgan fingerprint density at radius 2 is 2.11 bits per heavy atom. The molecule has 106 valence electrons. The van der Waals surface area contributed by atoms with Crippen molar-refractivity contribution in [3.8, 4) is 5.75 Å². The Balaban J connectivity index is 2.45. The monoisotopic (exact) mass is 266 g/mol. The zero-order valence-electron chi connectivity index (χ0n) is 11.7. The van der Waals surface area contributed by atoms with Crippen LogP contribution in [0.5, 0.6) is 5.75 Å². The van der Waals surface area contributed by atoms with Gasteiger partial charge >= 0.3 is 0 Å². The van der Waals surface area contributed by atoms with Crippen LogP contribution in [0.25, 0.3) is 0 Å². The first-order valence-corrected chi connectivity index (χ1v) is 6.41. The lowest BCUT2D eigenvalue weighted by molar-refractivity contribution is -0.120. The minimum atomic E-state index is -0.0733. The van der Waals surface area contributed by atoms with Crippen LogP contribution < -0.4 is 15.4 Å². The lowest BCUT2D eigenvalue weighted by Crippen LogP contribution is -2.39. The van der Waals surface area contributed by atoms with Crippen molar-refractivity contribution >= 4 is 11.6 Å². The Bertz CT molecular complexity index is 396. The highest BCUT2D eigenvalue weighted by Crippen LogP contribution is 2.23. The molecule has 2 N–H and O–H groups in total. The van der Waals surface area contributed by atoms with Gasteiger partial charge in [-0.2, -0.15) is 0 Å². The number of amides is 1. The maximum Gasteiger partial charge on any atom is 0.239 e. The average molecular weight is 266 g/mol. The summed E-state index contributed by atoms with van der Waals surface area (Å²) in [6.45, 7) is 5.13. The molecule has 1 aromatic rings. The normalized spacial score (nSPS) is 11.7. The summed E-state index contributed by atoms with van der Waals surface area (Å²) in [6, 6.07) is 7.56. The molecule has 19 heavy (non-hydrogen) atoms. The number of benzene rings is 1. The number of carbonyl (C=O) groups excluding carboxylic acids is 1. The fourth-order valence-corrected chi connectivity index (χ4v) is 1.69. The summed E-state index contributed by atoms with van der Waals surface area (Å²) >= 11 is 0. The molecule has 0 bridgehead atoms. The minimum Gasteiger partial charge on any atom is -0.492 e. The fraction of sp³-hybridized carbons (Fsp3) is 0.500. The average Bonchev–Trinajstić information content (AvgIpc) is 2.38. The second-order valence-electron chi connectivity index (χ2n) is 4.21. The summed E-state index contributed by atoms with van der Waals surface area (Å²) in [5.41, 5.74) is 0.818. The van der Waals surface area contributed by atoms with Gasteiger partial charge in [-0.3, -0.25) is 4.79 Å². The highest BCUT2D eigenvalue weighted by Gasteiger charge is 2.08. The van der Waals surface area contributed by atoms with Crippen LogP contribution in [-0.2, 0) is 9.53 Å². The smallest absolute Gasteiger partial charge is 0.239 e. The molecule has 0 heterocycles.